The van der Waals surface area contributed by atoms with Crippen LogP contribution in [0.3, 0.4) is 0 Å². The summed E-state index contributed by atoms with van der Waals surface area (Å²) in [5.41, 5.74) is 1.39. The van der Waals surface area contributed by atoms with E-state index in [1.165, 1.54) is 24.8 Å². The Morgan fingerprint density at radius 1 is 1.29 bits per heavy atom. The molecule has 0 saturated heterocycles. The Morgan fingerprint density at radius 2 is 2.12 bits per heavy atom. The van der Waals surface area contributed by atoms with Gasteiger partial charge in [0, 0.05) is 0 Å². The minimum atomic E-state index is 0.690. The molecule has 0 spiro atoms. The monoisotopic (exact) mass is 233 g/mol. The second kappa shape index (κ2) is 6.06. The minimum absolute atomic E-state index is 0.690. The molecule has 1 aromatic rings. The first-order chi connectivity index (χ1) is 8.36. The van der Waals surface area contributed by atoms with Crippen molar-refractivity contribution in [2.24, 2.45) is 5.92 Å². The molecule has 0 aromatic heterocycles. The predicted octanol–water partition coefficient (Wildman–Crippen LogP) is 3.19. The van der Waals surface area contributed by atoms with Crippen LogP contribution in [0.1, 0.15) is 37.7 Å². The van der Waals surface area contributed by atoms with Gasteiger partial charge in [0.05, 0.1) is 7.11 Å². The van der Waals surface area contributed by atoms with Crippen LogP contribution in [0.5, 0.6) is 5.75 Å². The lowest BCUT2D eigenvalue weighted by Crippen LogP contribution is -2.34. The van der Waals surface area contributed by atoms with Crippen molar-refractivity contribution in [2.75, 3.05) is 20.2 Å². The highest BCUT2D eigenvalue weighted by molar-refractivity contribution is 5.37. The van der Waals surface area contributed by atoms with Crippen molar-refractivity contribution in [3.63, 3.8) is 0 Å². The summed E-state index contributed by atoms with van der Waals surface area (Å²) in [5.74, 6) is 2.53. The number of nitrogens with one attached hydrogen (secondary N) is 1. The van der Waals surface area contributed by atoms with Crippen molar-refractivity contribution >= 4 is 0 Å². The smallest absolute Gasteiger partial charge is 0.122 e. The van der Waals surface area contributed by atoms with E-state index in [0.717, 1.165) is 24.8 Å². The van der Waals surface area contributed by atoms with Gasteiger partial charge >= 0.3 is 0 Å². The highest BCUT2D eigenvalue weighted by Gasteiger charge is 2.33. The Hall–Kier alpha value is -1.02. The van der Waals surface area contributed by atoms with Crippen LogP contribution in [0.2, 0.25) is 0 Å². The molecule has 1 aliphatic rings. The van der Waals surface area contributed by atoms with Crippen molar-refractivity contribution in [3.05, 3.63) is 29.8 Å². The SMILES string of the molecule is CCCNCC1CCC1c1ccccc1OC. The molecule has 1 fully saturated rings. The topological polar surface area (TPSA) is 21.3 Å². The van der Waals surface area contributed by atoms with Gasteiger partial charge in [-0.2, -0.15) is 0 Å². The molecule has 2 heteroatoms. The Kier molecular flexibility index (Phi) is 4.43. The second-order valence-electron chi connectivity index (χ2n) is 4.89. The average molecular weight is 233 g/mol. The third-order valence-electron chi connectivity index (χ3n) is 3.79. The molecular formula is C15H23NO. The molecule has 1 saturated carbocycles. The standard InChI is InChI=1S/C15H23NO/c1-3-10-16-11-12-8-9-13(12)14-6-4-5-7-15(14)17-2/h4-7,12-13,16H,3,8-11H2,1-2H3. The van der Waals surface area contributed by atoms with Gasteiger partial charge in [-0.1, -0.05) is 25.1 Å². The largest absolute Gasteiger partial charge is 0.496 e. The van der Waals surface area contributed by atoms with Gasteiger partial charge in [-0.05, 0) is 55.8 Å². The summed E-state index contributed by atoms with van der Waals surface area (Å²) in [4.78, 5) is 0. The molecule has 2 unspecified atom stereocenters. The second-order valence-corrected chi connectivity index (χ2v) is 4.89. The molecule has 2 nitrogen and oxygen atoms in total. The maximum absolute atomic E-state index is 5.46. The number of ether oxygens (including phenoxy) is 1. The molecule has 0 radical (unpaired) electrons. The van der Waals surface area contributed by atoms with Crippen LogP contribution < -0.4 is 10.1 Å². The highest BCUT2D eigenvalue weighted by atomic mass is 16.5. The molecule has 94 valence electrons. The first-order valence-electron chi connectivity index (χ1n) is 6.70. The maximum Gasteiger partial charge on any atom is 0.122 e. The van der Waals surface area contributed by atoms with Crippen molar-refractivity contribution in [3.8, 4) is 5.75 Å². The van der Waals surface area contributed by atoms with E-state index in [2.05, 4.69) is 30.4 Å². The van der Waals surface area contributed by atoms with Gasteiger partial charge in [0.15, 0.2) is 0 Å². The van der Waals surface area contributed by atoms with Gasteiger partial charge in [0.1, 0.15) is 5.75 Å². The van der Waals surface area contributed by atoms with E-state index in [-0.39, 0.29) is 0 Å². The van der Waals surface area contributed by atoms with Gasteiger partial charge in [0.25, 0.3) is 0 Å². The fraction of sp³-hybridized carbons (Fsp3) is 0.600. The molecule has 17 heavy (non-hydrogen) atoms. The Morgan fingerprint density at radius 3 is 2.76 bits per heavy atom. The average Bonchev–Trinajstić information content (AvgIpc) is 2.34. The fourth-order valence-corrected chi connectivity index (χ4v) is 2.66. The van der Waals surface area contributed by atoms with E-state index in [4.69, 9.17) is 4.74 Å². The first kappa shape index (κ1) is 12.4. The van der Waals surface area contributed by atoms with Crippen LogP contribution in [-0.2, 0) is 0 Å². The molecule has 1 aliphatic carbocycles. The van der Waals surface area contributed by atoms with E-state index >= 15 is 0 Å². The zero-order valence-electron chi connectivity index (χ0n) is 10.9. The number of hydrogen-bond donors (Lipinski definition) is 1. The molecule has 0 aliphatic heterocycles. The van der Waals surface area contributed by atoms with Gasteiger partial charge in [-0.15, -0.1) is 0 Å². The fourth-order valence-electron chi connectivity index (χ4n) is 2.66. The first-order valence-corrected chi connectivity index (χ1v) is 6.70. The van der Waals surface area contributed by atoms with Crippen LogP contribution in [0.25, 0.3) is 0 Å². The van der Waals surface area contributed by atoms with Crippen molar-refractivity contribution < 1.29 is 4.74 Å². The van der Waals surface area contributed by atoms with Crippen LogP contribution in [0.15, 0.2) is 24.3 Å². The number of methoxy groups -OCH3 is 1. The molecule has 0 heterocycles. The summed E-state index contributed by atoms with van der Waals surface area (Å²) in [6, 6.07) is 8.46. The van der Waals surface area contributed by atoms with Gasteiger partial charge in [-0.3, -0.25) is 0 Å². The molecule has 0 amide bonds. The number of rotatable bonds is 6. The summed E-state index contributed by atoms with van der Waals surface area (Å²) in [6.45, 7) is 4.50. The molecule has 1 aromatic carbocycles. The van der Waals surface area contributed by atoms with Crippen molar-refractivity contribution in [1.29, 1.82) is 0 Å². The quantitative estimate of drug-likeness (QED) is 0.762. The number of benzene rings is 1. The Labute approximate surface area is 104 Å². The predicted molar refractivity (Wildman–Crippen MR) is 71.6 cm³/mol. The molecular weight excluding hydrogens is 210 g/mol. The molecule has 0 bridgehead atoms. The van der Waals surface area contributed by atoms with Crippen LogP contribution in [0, 0.1) is 5.92 Å². The number of hydrogen-bond acceptors (Lipinski definition) is 2. The third-order valence-corrected chi connectivity index (χ3v) is 3.79. The summed E-state index contributed by atoms with van der Waals surface area (Å²) in [5, 5.41) is 3.53. The van der Waals surface area contributed by atoms with Gasteiger partial charge < -0.3 is 10.1 Å². The Bertz CT molecular complexity index is 351. The van der Waals surface area contributed by atoms with Crippen molar-refractivity contribution in [1.82, 2.24) is 5.32 Å². The van der Waals surface area contributed by atoms with Gasteiger partial charge in [0.2, 0.25) is 0 Å². The Balaban J connectivity index is 1.97. The van der Waals surface area contributed by atoms with E-state index in [0.29, 0.717) is 5.92 Å². The zero-order valence-corrected chi connectivity index (χ0v) is 10.9. The lowest BCUT2D eigenvalue weighted by molar-refractivity contribution is 0.240. The van der Waals surface area contributed by atoms with Crippen LogP contribution in [-0.4, -0.2) is 20.2 Å². The molecule has 2 rings (SSSR count). The van der Waals surface area contributed by atoms with Crippen LogP contribution in [0.4, 0.5) is 0 Å². The van der Waals surface area contributed by atoms with E-state index < -0.39 is 0 Å². The summed E-state index contributed by atoms with van der Waals surface area (Å²) in [7, 11) is 1.77. The third kappa shape index (κ3) is 2.81. The van der Waals surface area contributed by atoms with Gasteiger partial charge in [-0.25, -0.2) is 0 Å². The van der Waals surface area contributed by atoms with Crippen LogP contribution >= 0.6 is 0 Å². The lowest BCUT2D eigenvalue weighted by Gasteiger charge is -2.38. The zero-order chi connectivity index (χ0) is 12.1. The maximum atomic E-state index is 5.46. The van der Waals surface area contributed by atoms with Crippen molar-refractivity contribution in [2.45, 2.75) is 32.1 Å². The van der Waals surface area contributed by atoms with E-state index in [1.807, 2.05) is 6.07 Å². The van der Waals surface area contributed by atoms with E-state index in [1.54, 1.807) is 7.11 Å². The lowest BCUT2D eigenvalue weighted by atomic mass is 9.69. The summed E-state index contributed by atoms with van der Waals surface area (Å²) in [6.07, 6.45) is 3.87. The minimum Gasteiger partial charge on any atom is -0.496 e. The normalized spacial score (nSPS) is 23.2. The molecule has 1 N–H and O–H groups in total. The number of para-hydroxylation sites is 1. The highest BCUT2D eigenvalue weighted by Crippen LogP contribution is 2.45. The molecule has 2 atom stereocenters. The summed E-state index contributed by atoms with van der Waals surface area (Å²) >= 11 is 0. The van der Waals surface area contributed by atoms with E-state index in [9.17, 15) is 0 Å². The summed E-state index contributed by atoms with van der Waals surface area (Å²) < 4.78 is 5.46.